The Hall–Kier alpha value is -3.61. The van der Waals surface area contributed by atoms with Crippen LogP contribution in [0.1, 0.15) is 0 Å². The van der Waals surface area contributed by atoms with Gasteiger partial charge in [0.2, 0.25) is 0 Å². The molecular formula is C17H13N5O2. The molecule has 3 N–H and O–H groups in total. The monoisotopic (exact) mass is 319 g/mol. The van der Waals surface area contributed by atoms with Crippen LogP contribution >= 0.6 is 0 Å². The summed E-state index contributed by atoms with van der Waals surface area (Å²) >= 11 is 0. The molecule has 0 fully saturated rings. The summed E-state index contributed by atoms with van der Waals surface area (Å²) in [4.78, 5) is 21.3. The highest BCUT2D eigenvalue weighted by Gasteiger charge is 2.21. The van der Waals surface area contributed by atoms with Crippen LogP contribution in [0.25, 0.3) is 22.5 Å². The van der Waals surface area contributed by atoms with Gasteiger partial charge in [0.05, 0.1) is 11.4 Å². The van der Waals surface area contributed by atoms with E-state index in [1.807, 2.05) is 18.2 Å². The lowest BCUT2D eigenvalue weighted by Crippen LogP contribution is -2.22. The lowest BCUT2D eigenvalue weighted by molar-refractivity contribution is 0.472. The van der Waals surface area contributed by atoms with Crippen molar-refractivity contribution in [1.29, 1.82) is 0 Å². The van der Waals surface area contributed by atoms with Crippen molar-refractivity contribution in [1.82, 2.24) is 19.1 Å². The van der Waals surface area contributed by atoms with Crippen LogP contribution in [-0.2, 0) is 0 Å². The van der Waals surface area contributed by atoms with Crippen LogP contribution in [0, 0.1) is 0 Å². The second kappa shape index (κ2) is 5.24. The first-order chi connectivity index (χ1) is 11.7. The Morgan fingerprint density at radius 3 is 2.38 bits per heavy atom. The fourth-order valence-corrected chi connectivity index (χ4v) is 2.73. The van der Waals surface area contributed by atoms with E-state index in [0.29, 0.717) is 22.5 Å². The fraction of sp³-hybridized carbons (Fsp3) is 0. The highest BCUT2D eigenvalue weighted by Crippen LogP contribution is 2.26. The Morgan fingerprint density at radius 2 is 1.62 bits per heavy atom. The number of nitrogens with zero attached hydrogens (tertiary/aromatic N) is 4. The molecule has 0 aliphatic heterocycles. The first-order valence-electron chi connectivity index (χ1n) is 7.26. The molecule has 2 aromatic carbocycles. The molecule has 7 heteroatoms. The molecule has 2 heterocycles. The van der Waals surface area contributed by atoms with Crippen LogP contribution in [0.15, 0.2) is 65.7 Å². The topological polar surface area (TPSA) is 99.0 Å². The molecule has 7 nitrogen and oxygen atoms in total. The molecule has 118 valence electrons. The van der Waals surface area contributed by atoms with Crippen molar-refractivity contribution in [2.24, 2.45) is 0 Å². The van der Waals surface area contributed by atoms with E-state index in [1.54, 1.807) is 30.3 Å². The highest BCUT2D eigenvalue weighted by molar-refractivity contribution is 5.85. The van der Waals surface area contributed by atoms with E-state index in [2.05, 4.69) is 9.97 Å². The first kappa shape index (κ1) is 14.0. The van der Waals surface area contributed by atoms with E-state index in [9.17, 15) is 9.90 Å². The Kier molecular flexibility index (Phi) is 3.06. The Morgan fingerprint density at radius 1 is 0.917 bits per heavy atom. The van der Waals surface area contributed by atoms with Gasteiger partial charge >= 0.3 is 5.69 Å². The van der Waals surface area contributed by atoms with Crippen LogP contribution in [0.2, 0.25) is 0 Å². The molecule has 0 spiro atoms. The number of hydrogen-bond donors (Lipinski definition) is 2. The molecule has 2 aromatic heterocycles. The summed E-state index contributed by atoms with van der Waals surface area (Å²) < 4.78 is 2.77. The van der Waals surface area contributed by atoms with Crippen LogP contribution < -0.4 is 11.4 Å². The Balaban J connectivity index is 2.18. The van der Waals surface area contributed by atoms with Crippen molar-refractivity contribution in [3.05, 3.63) is 71.4 Å². The predicted octanol–water partition coefficient (Wildman–Crippen LogP) is 1.86. The van der Waals surface area contributed by atoms with E-state index in [1.165, 1.54) is 21.5 Å². The van der Waals surface area contributed by atoms with Gasteiger partial charge in [-0.2, -0.15) is 0 Å². The number of imidazole rings is 1. The van der Waals surface area contributed by atoms with E-state index in [0.717, 1.165) is 0 Å². The average Bonchev–Trinajstić information content (AvgIpc) is 2.90. The number of aromatic nitrogens is 4. The van der Waals surface area contributed by atoms with Gasteiger partial charge < -0.3 is 10.8 Å². The van der Waals surface area contributed by atoms with Gasteiger partial charge in [-0.1, -0.05) is 30.3 Å². The maximum absolute atomic E-state index is 13.1. The summed E-state index contributed by atoms with van der Waals surface area (Å²) in [5.41, 5.74) is 7.33. The summed E-state index contributed by atoms with van der Waals surface area (Å²) in [7, 11) is 0. The summed E-state index contributed by atoms with van der Waals surface area (Å²) in [5.74, 6) is 0.166. The van der Waals surface area contributed by atoms with Crippen molar-refractivity contribution >= 4 is 17.0 Å². The van der Waals surface area contributed by atoms with E-state index >= 15 is 0 Å². The standard InChI is InChI=1S/C17H13N5O2/c18-15-14-16(20-10-19-15)22(12-8-4-5-9-13(12)23)17(24)21(14)11-6-2-1-3-7-11/h1-10,23H,(H2,18,19,20). The van der Waals surface area contributed by atoms with E-state index in [4.69, 9.17) is 5.73 Å². The number of nitrogen functional groups attached to an aromatic ring is 1. The number of anilines is 1. The summed E-state index contributed by atoms with van der Waals surface area (Å²) in [6.07, 6.45) is 1.29. The number of rotatable bonds is 2. The summed E-state index contributed by atoms with van der Waals surface area (Å²) in [5, 5.41) is 10.2. The molecule has 24 heavy (non-hydrogen) atoms. The van der Waals surface area contributed by atoms with Gasteiger partial charge in [0, 0.05) is 0 Å². The number of nitrogens with two attached hydrogens (primary N) is 1. The van der Waals surface area contributed by atoms with Crippen LogP contribution in [0.3, 0.4) is 0 Å². The van der Waals surface area contributed by atoms with Crippen LogP contribution in [0.4, 0.5) is 5.82 Å². The summed E-state index contributed by atoms with van der Waals surface area (Å²) in [6.45, 7) is 0. The minimum Gasteiger partial charge on any atom is -0.506 e. The molecule has 0 saturated carbocycles. The smallest absolute Gasteiger partial charge is 0.339 e. The quantitative estimate of drug-likeness (QED) is 0.587. The second-order valence-corrected chi connectivity index (χ2v) is 5.21. The lowest BCUT2D eigenvalue weighted by atomic mass is 10.3. The van der Waals surface area contributed by atoms with Crippen LogP contribution in [-0.4, -0.2) is 24.2 Å². The number of para-hydroxylation sites is 3. The lowest BCUT2D eigenvalue weighted by Gasteiger charge is -2.04. The highest BCUT2D eigenvalue weighted by atomic mass is 16.3. The van der Waals surface area contributed by atoms with E-state index < -0.39 is 0 Å². The third-order valence-corrected chi connectivity index (χ3v) is 3.79. The van der Waals surface area contributed by atoms with Crippen molar-refractivity contribution < 1.29 is 5.11 Å². The third-order valence-electron chi connectivity index (χ3n) is 3.79. The number of benzene rings is 2. The van der Waals surface area contributed by atoms with Gasteiger partial charge in [0.25, 0.3) is 0 Å². The zero-order chi connectivity index (χ0) is 16.7. The zero-order valence-electron chi connectivity index (χ0n) is 12.5. The zero-order valence-corrected chi connectivity index (χ0v) is 12.5. The fourth-order valence-electron chi connectivity index (χ4n) is 2.73. The van der Waals surface area contributed by atoms with Gasteiger partial charge in [0.1, 0.15) is 17.6 Å². The molecule has 0 amide bonds. The number of hydrogen-bond acceptors (Lipinski definition) is 5. The maximum Gasteiger partial charge on any atom is 0.339 e. The van der Waals surface area contributed by atoms with Crippen LogP contribution in [0.5, 0.6) is 5.75 Å². The van der Waals surface area contributed by atoms with E-state index in [-0.39, 0.29) is 17.3 Å². The molecule has 0 aliphatic carbocycles. The number of phenolic OH excluding ortho intramolecular Hbond substituents is 1. The maximum atomic E-state index is 13.1. The van der Waals surface area contributed by atoms with Gasteiger partial charge in [-0.05, 0) is 24.3 Å². The first-order valence-corrected chi connectivity index (χ1v) is 7.26. The molecule has 4 rings (SSSR count). The number of aromatic hydroxyl groups is 1. The molecule has 0 saturated heterocycles. The van der Waals surface area contributed by atoms with Crippen molar-refractivity contribution in [3.63, 3.8) is 0 Å². The molecule has 0 unspecified atom stereocenters. The van der Waals surface area contributed by atoms with Crippen molar-refractivity contribution in [3.8, 4) is 17.1 Å². The largest absolute Gasteiger partial charge is 0.506 e. The predicted molar refractivity (Wildman–Crippen MR) is 90.5 cm³/mol. The van der Waals surface area contributed by atoms with Gasteiger partial charge in [-0.15, -0.1) is 0 Å². The molecule has 0 aliphatic rings. The minimum atomic E-state index is -0.384. The normalized spacial score (nSPS) is 11.0. The Labute approximate surface area is 136 Å². The molecule has 0 atom stereocenters. The third kappa shape index (κ3) is 1.95. The number of phenols is 1. The minimum absolute atomic E-state index is 0.0242. The SMILES string of the molecule is Nc1ncnc2c1n(-c1ccccc1)c(=O)n2-c1ccccc1O. The molecule has 0 bridgehead atoms. The second-order valence-electron chi connectivity index (χ2n) is 5.21. The number of fused-ring (bicyclic) bond motifs is 1. The molecule has 0 radical (unpaired) electrons. The van der Waals surface area contributed by atoms with Gasteiger partial charge in [0.15, 0.2) is 11.5 Å². The average molecular weight is 319 g/mol. The summed E-state index contributed by atoms with van der Waals surface area (Å²) in [6, 6.07) is 15.7. The van der Waals surface area contributed by atoms with Gasteiger partial charge in [-0.3, -0.25) is 4.57 Å². The van der Waals surface area contributed by atoms with Crippen molar-refractivity contribution in [2.45, 2.75) is 0 Å². The van der Waals surface area contributed by atoms with Gasteiger partial charge in [-0.25, -0.2) is 19.3 Å². The van der Waals surface area contributed by atoms with Crippen molar-refractivity contribution in [2.75, 3.05) is 5.73 Å². The Bertz CT molecular complexity index is 1100. The molecule has 4 aromatic rings. The molecular weight excluding hydrogens is 306 g/mol.